The zero-order chi connectivity index (χ0) is 20.4. The highest BCUT2D eigenvalue weighted by atomic mass is 32.2. The van der Waals surface area contributed by atoms with Gasteiger partial charge in [0.2, 0.25) is 0 Å². The molecule has 0 saturated carbocycles. The fraction of sp³-hybridized carbons (Fsp3) is 0.421. The van der Waals surface area contributed by atoms with Gasteiger partial charge in [-0.1, -0.05) is 6.07 Å². The Morgan fingerprint density at radius 2 is 1.89 bits per heavy atom. The molecule has 1 fully saturated rings. The monoisotopic (exact) mass is 424 g/mol. The first-order chi connectivity index (χ1) is 13.2. The van der Waals surface area contributed by atoms with Gasteiger partial charge in [0.05, 0.1) is 27.8 Å². The van der Waals surface area contributed by atoms with E-state index in [0.717, 1.165) is 5.56 Å². The topological polar surface area (TPSA) is 102 Å². The van der Waals surface area contributed by atoms with Crippen molar-refractivity contribution >= 4 is 19.7 Å². The average Bonchev–Trinajstić information content (AvgIpc) is 2.96. The van der Waals surface area contributed by atoms with Gasteiger partial charge in [0.1, 0.15) is 5.75 Å². The molecule has 28 heavy (non-hydrogen) atoms. The minimum absolute atomic E-state index is 0.0245. The number of aromatic nitrogens is 1. The van der Waals surface area contributed by atoms with E-state index in [1.54, 1.807) is 30.6 Å². The van der Waals surface area contributed by atoms with E-state index >= 15 is 0 Å². The summed E-state index contributed by atoms with van der Waals surface area (Å²) in [5.41, 5.74) is 0.859. The van der Waals surface area contributed by atoms with Crippen molar-refractivity contribution in [2.45, 2.75) is 42.7 Å². The van der Waals surface area contributed by atoms with Gasteiger partial charge in [0, 0.05) is 25.0 Å². The van der Waals surface area contributed by atoms with Crippen LogP contribution in [0.1, 0.15) is 19.4 Å². The van der Waals surface area contributed by atoms with E-state index in [1.165, 1.54) is 12.1 Å². The number of pyridine rings is 1. The first-order valence-electron chi connectivity index (χ1n) is 9.01. The van der Waals surface area contributed by atoms with Crippen LogP contribution in [0.2, 0.25) is 0 Å². The number of hydrogen-bond acceptors (Lipinski definition) is 7. The van der Waals surface area contributed by atoms with Crippen molar-refractivity contribution in [3.63, 3.8) is 0 Å². The highest BCUT2D eigenvalue weighted by Gasteiger charge is 2.45. The maximum absolute atomic E-state index is 13.1. The lowest BCUT2D eigenvalue weighted by molar-refractivity contribution is 0.242. The van der Waals surface area contributed by atoms with Gasteiger partial charge in [-0.15, -0.1) is 0 Å². The molecule has 1 aliphatic rings. The summed E-state index contributed by atoms with van der Waals surface area (Å²) in [7, 11) is -7.27. The molecular formula is C19H24N2O5S2. The quantitative estimate of drug-likeness (QED) is 0.720. The molecular weight excluding hydrogens is 400 g/mol. The lowest BCUT2D eigenvalue weighted by Gasteiger charge is -2.20. The van der Waals surface area contributed by atoms with Crippen LogP contribution in [-0.4, -0.2) is 50.7 Å². The van der Waals surface area contributed by atoms with E-state index < -0.39 is 31.0 Å². The van der Waals surface area contributed by atoms with Crippen LogP contribution in [-0.2, 0) is 26.2 Å². The molecule has 1 saturated heterocycles. The second-order valence-corrected chi connectivity index (χ2v) is 11.5. The molecule has 0 bridgehead atoms. The van der Waals surface area contributed by atoms with Gasteiger partial charge in [-0.25, -0.2) is 16.8 Å². The first kappa shape index (κ1) is 20.8. The fourth-order valence-corrected chi connectivity index (χ4v) is 7.93. The molecule has 0 radical (unpaired) electrons. The fourth-order valence-electron chi connectivity index (χ4n) is 3.22. The minimum Gasteiger partial charge on any atom is -0.491 e. The van der Waals surface area contributed by atoms with Crippen LogP contribution in [0.25, 0.3) is 0 Å². The Morgan fingerprint density at radius 1 is 1.18 bits per heavy atom. The van der Waals surface area contributed by atoms with Crippen LogP contribution < -0.4 is 10.1 Å². The first-order valence-corrected chi connectivity index (χ1v) is 12.4. The number of benzene rings is 1. The van der Waals surface area contributed by atoms with Gasteiger partial charge >= 0.3 is 0 Å². The third-order valence-corrected chi connectivity index (χ3v) is 8.68. The number of rotatable bonds is 7. The number of nitrogens with zero attached hydrogens (tertiary/aromatic N) is 1. The summed E-state index contributed by atoms with van der Waals surface area (Å²) in [6.07, 6.45) is 3.28. The van der Waals surface area contributed by atoms with E-state index in [0.29, 0.717) is 12.3 Å². The van der Waals surface area contributed by atoms with Crippen LogP contribution in [0.15, 0.2) is 53.7 Å². The molecule has 1 aliphatic heterocycles. The van der Waals surface area contributed by atoms with Crippen LogP contribution in [0.5, 0.6) is 5.75 Å². The molecule has 0 amide bonds. The zero-order valence-electron chi connectivity index (χ0n) is 15.8. The molecule has 9 heteroatoms. The normalized spacial score (nSPS) is 21.7. The second-order valence-electron chi connectivity index (χ2n) is 7.15. The van der Waals surface area contributed by atoms with Crippen molar-refractivity contribution in [2.75, 3.05) is 11.5 Å². The van der Waals surface area contributed by atoms with Gasteiger partial charge in [-0.3, -0.25) is 4.98 Å². The highest BCUT2D eigenvalue weighted by molar-refractivity contribution is 7.96. The van der Waals surface area contributed by atoms with Crippen LogP contribution >= 0.6 is 0 Å². The number of nitrogens with one attached hydrogen (secondary N) is 1. The summed E-state index contributed by atoms with van der Waals surface area (Å²) in [5.74, 6) is -0.0186. The van der Waals surface area contributed by atoms with Crippen LogP contribution in [0.3, 0.4) is 0 Å². The van der Waals surface area contributed by atoms with E-state index in [9.17, 15) is 16.8 Å². The van der Waals surface area contributed by atoms with Gasteiger partial charge in [-0.2, -0.15) is 0 Å². The van der Waals surface area contributed by atoms with Crippen LogP contribution in [0, 0.1) is 0 Å². The van der Waals surface area contributed by atoms with Crippen molar-refractivity contribution in [2.24, 2.45) is 0 Å². The molecule has 1 aromatic carbocycles. The predicted octanol–water partition coefficient (Wildman–Crippen LogP) is 1.60. The van der Waals surface area contributed by atoms with Crippen molar-refractivity contribution < 1.29 is 21.6 Å². The van der Waals surface area contributed by atoms with Crippen molar-refractivity contribution in [3.8, 4) is 5.75 Å². The Balaban J connectivity index is 1.81. The Hall–Kier alpha value is -1.97. The molecule has 1 aromatic heterocycles. The van der Waals surface area contributed by atoms with Gasteiger partial charge in [0.15, 0.2) is 19.7 Å². The molecule has 7 nitrogen and oxygen atoms in total. The molecule has 0 unspecified atom stereocenters. The smallest absolute Gasteiger partial charge is 0.183 e. The lowest BCUT2D eigenvalue weighted by atomic mass is 10.2. The molecule has 1 N–H and O–H groups in total. The largest absolute Gasteiger partial charge is 0.491 e. The summed E-state index contributed by atoms with van der Waals surface area (Å²) in [4.78, 5) is 4.11. The van der Waals surface area contributed by atoms with E-state index in [4.69, 9.17) is 4.74 Å². The maximum Gasteiger partial charge on any atom is 0.183 e. The minimum atomic E-state index is -3.82. The molecule has 0 spiro atoms. The van der Waals surface area contributed by atoms with Crippen LogP contribution in [0.4, 0.5) is 0 Å². The molecule has 2 heterocycles. The SMILES string of the molecule is CC(C)Oc1ccc(S(=O)(=O)[C@H]2CS(=O)(=O)C[C@@H]2NCc2cccnc2)cc1. The molecule has 3 rings (SSSR count). The van der Waals surface area contributed by atoms with Gasteiger partial charge < -0.3 is 10.1 Å². The van der Waals surface area contributed by atoms with Gasteiger partial charge in [0.25, 0.3) is 0 Å². The summed E-state index contributed by atoms with van der Waals surface area (Å²) < 4.78 is 56.1. The molecule has 0 aliphatic carbocycles. The Morgan fingerprint density at radius 3 is 2.50 bits per heavy atom. The summed E-state index contributed by atoms with van der Waals surface area (Å²) in [5, 5.41) is 2.06. The van der Waals surface area contributed by atoms with E-state index in [2.05, 4.69) is 10.3 Å². The van der Waals surface area contributed by atoms with Gasteiger partial charge in [-0.05, 0) is 49.7 Å². The standard InChI is InChI=1S/C19H24N2O5S2/c1-14(2)26-16-5-7-17(8-6-16)28(24,25)19-13-27(22,23)12-18(19)21-11-15-4-3-9-20-10-15/h3-10,14,18-19,21H,11-13H2,1-2H3/t18-,19-/m0/s1. The molecule has 152 valence electrons. The maximum atomic E-state index is 13.1. The Labute approximate surface area is 166 Å². The lowest BCUT2D eigenvalue weighted by Crippen LogP contribution is -2.43. The Kier molecular flexibility index (Phi) is 6.07. The van der Waals surface area contributed by atoms with Crippen molar-refractivity contribution in [3.05, 3.63) is 54.4 Å². The van der Waals surface area contributed by atoms with E-state index in [-0.39, 0.29) is 22.5 Å². The molecule has 2 aromatic rings. The predicted molar refractivity (Wildman–Crippen MR) is 107 cm³/mol. The third-order valence-electron chi connectivity index (χ3n) is 4.51. The zero-order valence-corrected chi connectivity index (χ0v) is 17.4. The molecule has 2 atom stereocenters. The summed E-state index contributed by atoms with van der Waals surface area (Å²) >= 11 is 0. The summed E-state index contributed by atoms with van der Waals surface area (Å²) in [6.45, 7) is 4.11. The van der Waals surface area contributed by atoms with Crippen molar-refractivity contribution in [1.29, 1.82) is 0 Å². The second kappa shape index (κ2) is 8.18. The number of sulfone groups is 2. The third kappa shape index (κ3) is 4.89. The Bertz CT molecular complexity index is 1000. The number of hydrogen-bond donors (Lipinski definition) is 1. The van der Waals surface area contributed by atoms with E-state index in [1.807, 2.05) is 19.9 Å². The highest BCUT2D eigenvalue weighted by Crippen LogP contribution is 2.27. The number of ether oxygens (including phenoxy) is 1. The van der Waals surface area contributed by atoms with Crippen molar-refractivity contribution in [1.82, 2.24) is 10.3 Å². The summed E-state index contributed by atoms with van der Waals surface area (Å²) in [6, 6.07) is 9.06. The average molecular weight is 425 g/mol.